The lowest BCUT2D eigenvalue weighted by molar-refractivity contribution is -0.140. The molecule has 3 rings (SSSR count). The number of hydrogen-bond acceptors (Lipinski definition) is 4. The van der Waals surface area contributed by atoms with E-state index in [1.54, 1.807) is 0 Å². The topological polar surface area (TPSA) is 42.0 Å². The van der Waals surface area contributed by atoms with Crippen molar-refractivity contribution >= 4 is 5.91 Å². The molecule has 0 radical (unpaired) electrons. The van der Waals surface area contributed by atoms with Crippen LogP contribution in [0, 0.1) is 12.8 Å². The zero-order valence-electron chi connectivity index (χ0n) is 17.9. The largest absolute Gasteiger partial charge is 0.481 e. The van der Waals surface area contributed by atoms with Crippen molar-refractivity contribution in [1.82, 2.24) is 9.80 Å². The molecule has 0 bridgehead atoms. The number of carbonyl (C=O) groups is 1. The highest BCUT2D eigenvalue weighted by molar-refractivity contribution is 5.81. The average molecular weight is 389 g/mol. The van der Waals surface area contributed by atoms with Gasteiger partial charge in [0.05, 0.1) is 13.2 Å². The molecule has 1 aromatic rings. The van der Waals surface area contributed by atoms with Gasteiger partial charge in [-0.3, -0.25) is 9.69 Å². The van der Waals surface area contributed by atoms with E-state index in [0.717, 1.165) is 58.1 Å². The molecule has 0 aliphatic carbocycles. The lowest BCUT2D eigenvalue weighted by Gasteiger charge is -2.37. The molecule has 5 nitrogen and oxygen atoms in total. The number of aryl methyl sites for hydroxylation is 1. The minimum Gasteiger partial charge on any atom is -0.481 e. The normalized spacial score (nSPS) is 22.3. The average Bonchev–Trinajstić information content (AvgIpc) is 2.68. The SMILES string of the molecule is Cc1cc(O[C@H](C)C(=O)N2CCC[C@H](CN3CCOCC3)C2)ccc1C(C)C. The summed E-state index contributed by atoms with van der Waals surface area (Å²) in [5.74, 6) is 1.93. The van der Waals surface area contributed by atoms with E-state index in [1.165, 1.54) is 17.5 Å². The number of likely N-dealkylation sites (tertiary alicyclic amines) is 1. The van der Waals surface area contributed by atoms with Crippen LogP contribution in [0.1, 0.15) is 50.7 Å². The van der Waals surface area contributed by atoms with Crippen molar-refractivity contribution in [3.05, 3.63) is 29.3 Å². The van der Waals surface area contributed by atoms with Crippen molar-refractivity contribution in [1.29, 1.82) is 0 Å². The van der Waals surface area contributed by atoms with Crippen LogP contribution in [0.15, 0.2) is 18.2 Å². The van der Waals surface area contributed by atoms with Gasteiger partial charge in [-0.05, 0) is 61.8 Å². The standard InChI is InChI=1S/C23H36N2O3/c1-17(2)22-8-7-21(14-18(22)3)28-19(4)23(26)25-9-5-6-20(16-25)15-24-10-12-27-13-11-24/h7-8,14,17,19-20H,5-6,9-13,15-16H2,1-4H3/t19-,20-/m1/s1. The van der Waals surface area contributed by atoms with Crippen molar-refractivity contribution in [2.24, 2.45) is 5.92 Å². The first-order valence-electron chi connectivity index (χ1n) is 10.8. The Bertz CT molecular complexity index is 655. The number of hydrogen-bond donors (Lipinski definition) is 0. The third-order valence-corrected chi connectivity index (χ3v) is 5.97. The molecule has 2 heterocycles. The molecule has 2 fully saturated rings. The molecule has 0 spiro atoms. The Morgan fingerprint density at radius 2 is 1.96 bits per heavy atom. The van der Waals surface area contributed by atoms with Crippen LogP contribution in [-0.2, 0) is 9.53 Å². The van der Waals surface area contributed by atoms with E-state index in [-0.39, 0.29) is 5.91 Å². The molecule has 5 heteroatoms. The van der Waals surface area contributed by atoms with Gasteiger partial charge >= 0.3 is 0 Å². The van der Waals surface area contributed by atoms with E-state index < -0.39 is 6.10 Å². The third kappa shape index (κ3) is 5.48. The van der Waals surface area contributed by atoms with E-state index in [2.05, 4.69) is 37.8 Å². The van der Waals surface area contributed by atoms with Crippen LogP contribution >= 0.6 is 0 Å². The first-order valence-corrected chi connectivity index (χ1v) is 10.8. The molecule has 1 aromatic carbocycles. The Morgan fingerprint density at radius 3 is 2.64 bits per heavy atom. The van der Waals surface area contributed by atoms with Gasteiger partial charge in [0.1, 0.15) is 5.75 Å². The second-order valence-electron chi connectivity index (χ2n) is 8.64. The highest BCUT2D eigenvalue weighted by Gasteiger charge is 2.29. The second kappa shape index (κ2) is 9.75. The monoisotopic (exact) mass is 388 g/mol. The van der Waals surface area contributed by atoms with Crippen molar-refractivity contribution in [3.63, 3.8) is 0 Å². The maximum atomic E-state index is 13.0. The van der Waals surface area contributed by atoms with Crippen LogP contribution < -0.4 is 4.74 Å². The van der Waals surface area contributed by atoms with Gasteiger partial charge in [0, 0.05) is 32.7 Å². The number of carbonyl (C=O) groups excluding carboxylic acids is 1. The first-order chi connectivity index (χ1) is 13.4. The molecule has 2 aliphatic rings. The van der Waals surface area contributed by atoms with E-state index in [9.17, 15) is 4.79 Å². The summed E-state index contributed by atoms with van der Waals surface area (Å²) in [6.45, 7) is 14.8. The number of morpholine rings is 1. The number of rotatable bonds is 6. The minimum absolute atomic E-state index is 0.109. The third-order valence-electron chi connectivity index (χ3n) is 5.97. The molecule has 0 aromatic heterocycles. The van der Waals surface area contributed by atoms with Crippen molar-refractivity contribution < 1.29 is 14.3 Å². The lowest BCUT2D eigenvalue weighted by atomic mass is 9.96. The summed E-state index contributed by atoms with van der Waals surface area (Å²) in [6, 6.07) is 6.16. The van der Waals surface area contributed by atoms with Gasteiger partial charge in [-0.1, -0.05) is 19.9 Å². The number of benzene rings is 1. The lowest BCUT2D eigenvalue weighted by Crippen LogP contribution is -2.49. The molecule has 0 unspecified atom stereocenters. The predicted octanol–water partition coefficient (Wildman–Crippen LogP) is 3.46. The molecule has 0 saturated carbocycles. The second-order valence-corrected chi connectivity index (χ2v) is 8.64. The van der Waals surface area contributed by atoms with Crippen molar-refractivity contribution in [3.8, 4) is 5.75 Å². The van der Waals surface area contributed by atoms with Gasteiger partial charge in [0.25, 0.3) is 5.91 Å². The van der Waals surface area contributed by atoms with E-state index in [1.807, 2.05) is 17.9 Å². The summed E-state index contributed by atoms with van der Waals surface area (Å²) in [7, 11) is 0. The Kier molecular flexibility index (Phi) is 7.36. The van der Waals surface area contributed by atoms with Gasteiger partial charge in [-0.25, -0.2) is 0 Å². The number of piperidine rings is 1. The molecule has 2 saturated heterocycles. The summed E-state index contributed by atoms with van der Waals surface area (Å²) in [4.78, 5) is 17.4. The van der Waals surface area contributed by atoms with Crippen LogP contribution in [0.4, 0.5) is 0 Å². The van der Waals surface area contributed by atoms with Crippen molar-refractivity contribution in [2.75, 3.05) is 45.9 Å². The van der Waals surface area contributed by atoms with Crippen LogP contribution in [0.2, 0.25) is 0 Å². The van der Waals surface area contributed by atoms with Gasteiger partial charge in [0.2, 0.25) is 0 Å². The van der Waals surface area contributed by atoms with Crippen LogP contribution in [-0.4, -0.2) is 67.7 Å². The fourth-order valence-corrected chi connectivity index (χ4v) is 4.44. The zero-order valence-corrected chi connectivity index (χ0v) is 17.9. The van der Waals surface area contributed by atoms with E-state index in [0.29, 0.717) is 11.8 Å². The summed E-state index contributed by atoms with van der Waals surface area (Å²) in [5, 5.41) is 0. The molecule has 2 aliphatic heterocycles. The molecule has 156 valence electrons. The van der Waals surface area contributed by atoms with E-state index in [4.69, 9.17) is 9.47 Å². The minimum atomic E-state index is -0.452. The van der Waals surface area contributed by atoms with Gasteiger partial charge < -0.3 is 14.4 Å². The Balaban J connectivity index is 1.54. The summed E-state index contributed by atoms with van der Waals surface area (Å²) in [6.07, 6.45) is 1.83. The summed E-state index contributed by atoms with van der Waals surface area (Å²) >= 11 is 0. The summed E-state index contributed by atoms with van der Waals surface area (Å²) < 4.78 is 11.5. The predicted molar refractivity (Wildman–Crippen MR) is 112 cm³/mol. The highest BCUT2D eigenvalue weighted by Crippen LogP contribution is 2.25. The smallest absolute Gasteiger partial charge is 0.263 e. The highest BCUT2D eigenvalue weighted by atomic mass is 16.5. The Morgan fingerprint density at radius 1 is 1.21 bits per heavy atom. The summed E-state index contributed by atoms with van der Waals surface area (Å²) in [5.41, 5.74) is 2.55. The number of ether oxygens (including phenoxy) is 2. The first kappa shape index (κ1) is 21.1. The quantitative estimate of drug-likeness (QED) is 0.748. The molecule has 0 N–H and O–H groups in total. The fraction of sp³-hybridized carbons (Fsp3) is 0.696. The number of amides is 1. The Hall–Kier alpha value is -1.59. The van der Waals surface area contributed by atoms with Crippen LogP contribution in [0.25, 0.3) is 0 Å². The maximum Gasteiger partial charge on any atom is 0.263 e. The maximum absolute atomic E-state index is 13.0. The zero-order chi connectivity index (χ0) is 20.1. The fourth-order valence-electron chi connectivity index (χ4n) is 4.44. The molecular formula is C23H36N2O3. The van der Waals surface area contributed by atoms with Crippen LogP contribution in [0.3, 0.4) is 0 Å². The van der Waals surface area contributed by atoms with Gasteiger partial charge in [-0.15, -0.1) is 0 Å². The Labute approximate surface area is 170 Å². The molecule has 1 amide bonds. The van der Waals surface area contributed by atoms with E-state index >= 15 is 0 Å². The van der Waals surface area contributed by atoms with Crippen LogP contribution in [0.5, 0.6) is 5.75 Å². The molecular weight excluding hydrogens is 352 g/mol. The molecule has 2 atom stereocenters. The van der Waals surface area contributed by atoms with Gasteiger partial charge in [0.15, 0.2) is 6.10 Å². The number of nitrogens with zero attached hydrogens (tertiary/aromatic N) is 2. The van der Waals surface area contributed by atoms with Gasteiger partial charge in [-0.2, -0.15) is 0 Å². The molecule has 28 heavy (non-hydrogen) atoms. The van der Waals surface area contributed by atoms with Crippen molar-refractivity contribution in [2.45, 2.75) is 52.6 Å².